The molecule has 1 rings (SSSR count). The second-order valence-corrected chi connectivity index (χ2v) is 3.77. The second-order valence-electron chi connectivity index (χ2n) is 3.77. The number of ether oxygens (including phenoxy) is 1. The molecule has 0 aromatic heterocycles. The number of rotatable bonds is 5. The second kappa shape index (κ2) is 6.12. The van der Waals surface area contributed by atoms with Gasteiger partial charge in [0.2, 0.25) is 0 Å². The minimum absolute atomic E-state index is 0.177. The summed E-state index contributed by atoms with van der Waals surface area (Å²) in [5.41, 5.74) is 7.10. The summed E-state index contributed by atoms with van der Waals surface area (Å²) >= 11 is 0. The van der Waals surface area contributed by atoms with Gasteiger partial charge in [0.1, 0.15) is 0 Å². The summed E-state index contributed by atoms with van der Waals surface area (Å²) in [4.78, 5) is 11.3. The minimum atomic E-state index is -0.323. The van der Waals surface area contributed by atoms with Crippen molar-refractivity contribution < 1.29 is 9.53 Å². The van der Waals surface area contributed by atoms with Crippen molar-refractivity contribution in [2.75, 3.05) is 19.0 Å². The molecular weight excluding hydrogens is 204 g/mol. The molecule has 4 nitrogen and oxygen atoms in total. The van der Waals surface area contributed by atoms with Crippen LogP contribution in [0.3, 0.4) is 0 Å². The topological polar surface area (TPSA) is 64.3 Å². The molecule has 1 aromatic rings. The van der Waals surface area contributed by atoms with Gasteiger partial charge in [0.05, 0.1) is 12.7 Å². The van der Waals surface area contributed by atoms with Crippen molar-refractivity contribution in [1.29, 1.82) is 0 Å². The van der Waals surface area contributed by atoms with Gasteiger partial charge in [-0.15, -0.1) is 0 Å². The Morgan fingerprint density at radius 1 is 1.56 bits per heavy atom. The van der Waals surface area contributed by atoms with Crippen LogP contribution in [0.1, 0.15) is 23.7 Å². The Morgan fingerprint density at radius 3 is 2.94 bits per heavy atom. The van der Waals surface area contributed by atoms with Gasteiger partial charge in [-0.1, -0.05) is 6.07 Å². The number of nitrogens with one attached hydrogen (secondary N) is 1. The van der Waals surface area contributed by atoms with Gasteiger partial charge in [-0.25, -0.2) is 4.79 Å². The van der Waals surface area contributed by atoms with Crippen LogP contribution in [0.15, 0.2) is 24.3 Å². The van der Waals surface area contributed by atoms with Gasteiger partial charge in [0.25, 0.3) is 0 Å². The zero-order valence-corrected chi connectivity index (χ0v) is 9.69. The highest BCUT2D eigenvalue weighted by molar-refractivity contribution is 5.90. The summed E-state index contributed by atoms with van der Waals surface area (Å²) in [6.45, 7) is 2.76. The molecule has 1 unspecified atom stereocenters. The van der Waals surface area contributed by atoms with Gasteiger partial charge in [-0.3, -0.25) is 0 Å². The van der Waals surface area contributed by atoms with Crippen LogP contribution in [0.4, 0.5) is 5.69 Å². The average Bonchev–Trinajstić information content (AvgIpc) is 2.28. The zero-order valence-electron chi connectivity index (χ0n) is 9.69. The van der Waals surface area contributed by atoms with Crippen LogP contribution in [0.25, 0.3) is 0 Å². The standard InChI is InChI=1S/C12H18N2O2/c1-9(13)6-7-14-11-5-3-4-10(8-11)12(15)16-2/h3-5,8-9,14H,6-7,13H2,1-2H3. The van der Waals surface area contributed by atoms with E-state index < -0.39 is 0 Å². The number of benzene rings is 1. The summed E-state index contributed by atoms with van der Waals surface area (Å²) < 4.78 is 4.65. The quantitative estimate of drug-likeness (QED) is 0.743. The molecule has 4 heteroatoms. The van der Waals surface area contributed by atoms with E-state index in [0.717, 1.165) is 18.7 Å². The summed E-state index contributed by atoms with van der Waals surface area (Å²) in [6, 6.07) is 7.40. The van der Waals surface area contributed by atoms with Crippen molar-refractivity contribution >= 4 is 11.7 Å². The Bertz CT molecular complexity index is 351. The Labute approximate surface area is 95.8 Å². The normalized spacial score (nSPS) is 11.9. The number of anilines is 1. The predicted molar refractivity (Wildman–Crippen MR) is 64.5 cm³/mol. The molecule has 0 aliphatic rings. The van der Waals surface area contributed by atoms with Crippen LogP contribution in [0, 0.1) is 0 Å². The van der Waals surface area contributed by atoms with Crippen LogP contribution in [-0.4, -0.2) is 25.7 Å². The lowest BCUT2D eigenvalue weighted by Crippen LogP contribution is -2.19. The molecule has 88 valence electrons. The Balaban J connectivity index is 2.57. The summed E-state index contributed by atoms with van der Waals surface area (Å²) in [7, 11) is 1.37. The highest BCUT2D eigenvalue weighted by atomic mass is 16.5. The molecule has 0 fully saturated rings. The number of carbonyl (C=O) groups is 1. The average molecular weight is 222 g/mol. The molecular formula is C12H18N2O2. The molecule has 1 atom stereocenters. The Hall–Kier alpha value is -1.55. The number of esters is 1. The van der Waals surface area contributed by atoms with Crippen molar-refractivity contribution in [2.24, 2.45) is 5.73 Å². The third-order valence-electron chi connectivity index (χ3n) is 2.21. The largest absolute Gasteiger partial charge is 0.465 e. The van der Waals surface area contributed by atoms with Crippen molar-refractivity contribution in [1.82, 2.24) is 0 Å². The number of hydrogen-bond donors (Lipinski definition) is 2. The lowest BCUT2D eigenvalue weighted by molar-refractivity contribution is 0.0601. The van der Waals surface area contributed by atoms with E-state index in [9.17, 15) is 4.79 Å². The van der Waals surface area contributed by atoms with Crippen molar-refractivity contribution in [3.63, 3.8) is 0 Å². The fourth-order valence-corrected chi connectivity index (χ4v) is 1.32. The van der Waals surface area contributed by atoms with E-state index in [0.29, 0.717) is 5.56 Å². The van der Waals surface area contributed by atoms with Gasteiger partial charge in [-0.2, -0.15) is 0 Å². The number of hydrogen-bond acceptors (Lipinski definition) is 4. The van der Waals surface area contributed by atoms with Crippen molar-refractivity contribution in [3.8, 4) is 0 Å². The first-order chi connectivity index (χ1) is 7.63. The van der Waals surface area contributed by atoms with E-state index in [1.54, 1.807) is 12.1 Å². The minimum Gasteiger partial charge on any atom is -0.465 e. The highest BCUT2D eigenvalue weighted by Gasteiger charge is 2.05. The van der Waals surface area contributed by atoms with Crippen molar-refractivity contribution in [3.05, 3.63) is 29.8 Å². The first-order valence-corrected chi connectivity index (χ1v) is 5.31. The van der Waals surface area contributed by atoms with Crippen LogP contribution >= 0.6 is 0 Å². The van der Waals surface area contributed by atoms with Crippen LogP contribution in [-0.2, 0) is 4.74 Å². The fourth-order valence-electron chi connectivity index (χ4n) is 1.32. The lowest BCUT2D eigenvalue weighted by Gasteiger charge is -2.09. The van der Waals surface area contributed by atoms with Crippen molar-refractivity contribution in [2.45, 2.75) is 19.4 Å². The molecule has 0 amide bonds. The van der Waals surface area contributed by atoms with E-state index in [1.165, 1.54) is 7.11 Å². The zero-order chi connectivity index (χ0) is 12.0. The van der Waals surface area contributed by atoms with Gasteiger partial charge in [0, 0.05) is 18.3 Å². The van der Waals surface area contributed by atoms with Gasteiger partial charge < -0.3 is 15.8 Å². The molecule has 0 heterocycles. The van der Waals surface area contributed by atoms with Crippen LogP contribution in [0.2, 0.25) is 0 Å². The number of methoxy groups -OCH3 is 1. The highest BCUT2D eigenvalue weighted by Crippen LogP contribution is 2.11. The monoisotopic (exact) mass is 222 g/mol. The SMILES string of the molecule is COC(=O)c1cccc(NCCC(C)N)c1. The number of carbonyl (C=O) groups excluding carboxylic acids is 1. The molecule has 16 heavy (non-hydrogen) atoms. The van der Waals surface area contributed by atoms with E-state index >= 15 is 0 Å². The van der Waals surface area contributed by atoms with Crippen LogP contribution in [0.5, 0.6) is 0 Å². The Morgan fingerprint density at radius 2 is 2.31 bits per heavy atom. The molecule has 0 aliphatic carbocycles. The van der Waals surface area contributed by atoms with Crippen LogP contribution < -0.4 is 11.1 Å². The summed E-state index contributed by atoms with van der Waals surface area (Å²) in [5.74, 6) is -0.323. The molecule has 3 N–H and O–H groups in total. The number of nitrogens with two attached hydrogens (primary N) is 1. The van der Waals surface area contributed by atoms with Gasteiger partial charge in [-0.05, 0) is 31.5 Å². The molecule has 0 radical (unpaired) electrons. The van der Waals surface area contributed by atoms with E-state index in [-0.39, 0.29) is 12.0 Å². The molecule has 0 spiro atoms. The first kappa shape index (κ1) is 12.5. The Kier molecular flexibility index (Phi) is 4.79. The summed E-state index contributed by atoms with van der Waals surface area (Å²) in [5, 5.41) is 3.21. The fraction of sp³-hybridized carbons (Fsp3) is 0.417. The molecule has 1 aromatic carbocycles. The van der Waals surface area contributed by atoms with E-state index in [4.69, 9.17) is 5.73 Å². The smallest absolute Gasteiger partial charge is 0.337 e. The maximum Gasteiger partial charge on any atom is 0.337 e. The predicted octanol–water partition coefficient (Wildman–Crippen LogP) is 1.62. The maximum absolute atomic E-state index is 11.3. The first-order valence-electron chi connectivity index (χ1n) is 5.31. The van der Waals surface area contributed by atoms with E-state index in [1.807, 2.05) is 19.1 Å². The summed E-state index contributed by atoms with van der Waals surface area (Å²) in [6.07, 6.45) is 0.891. The molecule has 0 bridgehead atoms. The van der Waals surface area contributed by atoms with Gasteiger partial charge >= 0.3 is 5.97 Å². The lowest BCUT2D eigenvalue weighted by atomic mass is 10.2. The third kappa shape index (κ3) is 3.90. The van der Waals surface area contributed by atoms with Gasteiger partial charge in [0.15, 0.2) is 0 Å². The maximum atomic E-state index is 11.3. The third-order valence-corrected chi connectivity index (χ3v) is 2.21. The van der Waals surface area contributed by atoms with E-state index in [2.05, 4.69) is 10.1 Å². The molecule has 0 saturated carbocycles. The molecule has 0 saturated heterocycles. The molecule has 0 aliphatic heterocycles.